The highest BCUT2D eigenvalue weighted by Gasteiger charge is 2.45. The summed E-state index contributed by atoms with van der Waals surface area (Å²) < 4.78 is 27.4. The fourth-order valence-corrected chi connectivity index (χ4v) is 3.40. The maximum absolute atomic E-state index is 12.1. The first-order valence-corrected chi connectivity index (χ1v) is 7.16. The molecule has 0 radical (unpaired) electrons. The van der Waals surface area contributed by atoms with E-state index in [0.29, 0.717) is 19.6 Å². The van der Waals surface area contributed by atoms with Crippen molar-refractivity contribution in [2.45, 2.75) is 37.4 Å². The molecule has 1 aliphatic rings. The van der Waals surface area contributed by atoms with Gasteiger partial charge in [0.15, 0.2) is 5.03 Å². The lowest BCUT2D eigenvalue weighted by atomic mass is 9.91. The van der Waals surface area contributed by atoms with Crippen molar-refractivity contribution in [1.82, 2.24) is 13.9 Å². The molecule has 2 N–H and O–H groups in total. The van der Waals surface area contributed by atoms with E-state index >= 15 is 0 Å². The molecule has 0 spiro atoms. The summed E-state index contributed by atoms with van der Waals surface area (Å²) in [5.74, 6) is 0. The van der Waals surface area contributed by atoms with Crippen molar-refractivity contribution in [2.75, 3.05) is 13.1 Å². The zero-order chi connectivity index (χ0) is 12.7. The largest absolute Gasteiger partial charge is 0.336 e. The van der Waals surface area contributed by atoms with Gasteiger partial charge in [-0.15, -0.1) is 0 Å². The van der Waals surface area contributed by atoms with Crippen molar-refractivity contribution in [3.8, 4) is 0 Å². The van der Waals surface area contributed by atoms with Crippen LogP contribution in [0.2, 0.25) is 0 Å². The number of nitrogens with two attached hydrogens (primary N) is 1. The van der Waals surface area contributed by atoms with Crippen LogP contribution in [0.25, 0.3) is 0 Å². The van der Waals surface area contributed by atoms with E-state index in [4.69, 9.17) is 5.73 Å². The van der Waals surface area contributed by atoms with E-state index in [1.807, 2.05) is 13.8 Å². The van der Waals surface area contributed by atoms with Crippen LogP contribution in [0.3, 0.4) is 0 Å². The average Bonchev–Trinajstić information content (AvgIpc) is 2.73. The summed E-state index contributed by atoms with van der Waals surface area (Å²) in [5, 5.41) is 0.109. The van der Waals surface area contributed by atoms with Crippen LogP contribution in [0.15, 0.2) is 17.6 Å². The third-order valence-electron chi connectivity index (χ3n) is 3.27. The Balaban J connectivity index is 2.16. The van der Waals surface area contributed by atoms with E-state index < -0.39 is 10.0 Å². The van der Waals surface area contributed by atoms with Gasteiger partial charge < -0.3 is 10.3 Å². The number of aromatic nitrogens is 2. The number of hydrogen-bond donors (Lipinski definition) is 1. The summed E-state index contributed by atoms with van der Waals surface area (Å²) in [7, 11) is -3.45. The van der Waals surface area contributed by atoms with Gasteiger partial charge in [0.05, 0.1) is 6.33 Å². The molecule has 2 heterocycles. The van der Waals surface area contributed by atoms with E-state index in [2.05, 4.69) is 4.98 Å². The maximum Gasteiger partial charge on any atom is 0.262 e. The highest BCUT2D eigenvalue weighted by Crippen LogP contribution is 2.27. The first-order valence-electron chi connectivity index (χ1n) is 5.72. The average molecular weight is 258 g/mol. The van der Waals surface area contributed by atoms with E-state index in [0.717, 1.165) is 6.42 Å². The molecular weight excluding hydrogens is 240 g/mol. The summed E-state index contributed by atoms with van der Waals surface area (Å²) in [6.07, 6.45) is 3.86. The van der Waals surface area contributed by atoms with Crippen molar-refractivity contribution in [3.63, 3.8) is 0 Å². The lowest BCUT2D eigenvalue weighted by molar-refractivity contribution is 0.153. The topological polar surface area (TPSA) is 81.2 Å². The van der Waals surface area contributed by atoms with Crippen LogP contribution in [0, 0.1) is 0 Å². The third kappa shape index (κ3) is 2.10. The van der Waals surface area contributed by atoms with Gasteiger partial charge in [0.25, 0.3) is 10.0 Å². The Morgan fingerprint density at radius 3 is 2.59 bits per heavy atom. The minimum Gasteiger partial charge on any atom is -0.336 e. The van der Waals surface area contributed by atoms with Gasteiger partial charge in [-0.25, -0.2) is 13.4 Å². The minimum atomic E-state index is -3.45. The summed E-state index contributed by atoms with van der Waals surface area (Å²) in [6, 6.07) is 0. The zero-order valence-electron chi connectivity index (χ0n) is 10.1. The first-order chi connectivity index (χ1) is 7.91. The molecule has 6 nitrogen and oxygen atoms in total. The second-order valence-corrected chi connectivity index (χ2v) is 6.42. The first kappa shape index (κ1) is 12.5. The van der Waals surface area contributed by atoms with E-state index in [1.54, 1.807) is 10.8 Å². The Hall–Kier alpha value is -0.920. The molecule has 1 saturated heterocycles. The van der Waals surface area contributed by atoms with Gasteiger partial charge >= 0.3 is 0 Å². The Kier molecular flexibility index (Phi) is 3.01. The molecule has 0 atom stereocenters. The van der Waals surface area contributed by atoms with Crippen LogP contribution < -0.4 is 5.73 Å². The lowest BCUT2D eigenvalue weighted by Crippen LogP contribution is -2.68. The Bertz CT molecular complexity index is 502. The Morgan fingerprint density at radius 1 is 1.47 bits per heavy atom. The molecule has 2 rings (SSSR count). The van der Waals surface area contributed by atoms with Gasteiger partial charge in [-0.05, 0) is 13.3 Å². The highest BCUT2D eigenvalue weighted by molar-refractivity contribution is 7.89. The molecule has 7 heteroatoms. The molecule has 96 valence electrons. The van der Waals surface area contributed by atoms with Crippen LogP contribution in [-0.4, -0.2) is 40.9 Å². The van der Waals surface area contributed by atoms with Crippen molar-refractivity contribution in [1.29, 1.82) is 0 Å². The summed E-state index contributed by atoms with van der Waals surface area (Å²) in [6.45, 7) is 5.37. The Labute approximate surface area is 101 Å². The fraction of sp³-hybridized carbons (Fsp3) is 0.700. The van der Waals surface area contributed by atoms with Gasteiger partial charge in [0.2, 0.25) is 0 Å². The van der Waals surface area contributed by atoms with E-state index in [-0.39, 0.29) is 10.6 Å². The maximum atomic E-state index is 12.1. The molecule has 0 bridgehead atoms. The van der Waals surface area contributed by atoms with Crippen LogP contribution in [0.5, 0.6) is 0 Å². The molecule has 0 saturated carbocycles. The summed E-state index contributed by atoms with van der Waals surface area (Å²) in [5.41, 5.74) is 5.61. The molecule has 0 aromatic carbocycles. The number of sulfonamides is 1. The van der Waals surface area contributed by atoms with Crippen LogP contribution in [-0.2, 0) is 16.6 Å². The van der Waals surface area contributed by atoms with Gasteiger partial charge in [-0.1, -0.05) is 6.92 Å². The molecule has 1 aliphatic heterocycles. The predicted octanol–water partition coefficient (Wildman–Crippen LogP) is 0.0148. The highest BCUT2D eigenvalue weighted by atomic mass is 32.2. The van der Waals surface area contributed by atoms with Gasteiger partial charge in [0, 0.05) is 31.4 Å². The van der Waals surface area contributed by atoms with Crippen LogP contribution >= 0.6 is 0 Å². The quantitative estimate of drug-likeness (QED) is 0.825. The minimum absolute atomic E-state index is 0.109. The number of aryl methyl sites for hydroxylation is 1. The molecule has 0 unspecified atom stereocenters. The molecule has 1 fully saturated rings. The SMILES string of the molecule is CCn1cnc(S(=O)(=O)N2CC(N)(CC)C2)c1. The van der Waals surface area contributed by atoms with Crippen LogP contribution in [0.4, 0.5) is 0 Å². The van der Waals surface area contributed by atoms with Crippen molar-refractivity contribution >= 4 is 10.0 Å². The molecule has 17 heavy (non-hydrogen) atoms. The normalized spacial score (nSPS) is 20.2. The molecule has 0 amide bonds. The molecular formula is C10H18N4O2S. The zero-order valence-corrected chi connectivity index (χ0v) is 10.9. The number of imidazole rings is 1. The second-order valence-electron chi connectivity index (χ2n) is 4.53. The predicted molar refractivity (Wildman–Crippen MR) is 63.9 cm³/mol. The fourth-order valence-electron chi connectivity index (χ4n) is 1.83. The number of rotatable bonds is 4. The second kappa shape index (κ2) is 4.08. The number of nitrogens with zero attached hydrogens (tertiary/aromatic N) is 3. The summed E-state index contributed by atoms with van der Waals surface area (Å²) >= 11 is 0. The smallest absolute Gasteiger partial charge is 0.262 e. The third-order valence-corrected chi connectivity index (χ3v) is 4.94. The van der Waals surface area contributed by atoms with Crippen LogP contribution in [0.1, 0.15) is 20.3 Å². The molecule has 0 aliphatic carbocycles. The van der Waals surface area contributed by atoms with Crippen molar-refractivity contribution < 1.29 is 8.42 Å². The van der Waals surface area contributed by atoms with Gasteiger partial charge in [0.1, 0.15) is 0 Å². The number of hydrogen-bond acceptors (Lipinski definition) is 4. The van der Waals surface area contributed by atoms with Gasteiger partial charge in [-0.2, -0.15) is 4.31 Å². The standard InChI is InChI=1S/C10H18N4O2S/c1-3-10(11)6-14(7-10)17(15,16)9-5-13(4-2)8-12-9/h5,8H,3-4,6-7,11H2,1-2H3. The van der Waals surface area contributed by atoms with Crippen molar-refractivity contribution in [3.05, 3.63) is 12.5 Å². The van der Waals surface area contributed by atoms with E-state index in [1.165, 1.54) is 10.6 Å². The molecule has 1 aromatic heterocycles. The summed E-state index contributed by atoms with van der Waals surface area (Å²) in [4.78, 5) is 3.93. The molecule has 1 aromatic rings. The Morgan fingerprint density at radius 2 is 2.12 bits per heavy atom. The monoisotopic (exact) mass is 258 g/mol. The lowest BCUT2D eigenvalue weighted by Gasteiger charge is -2.45. The van der Waals surface area contributed by atoms with Crippen molar-refractivity contribution in [2.24, 2.45) is 5.73 Å². The van der Waals surface area contributed by atoms with Gasteiger partial charge in [-0.3, -0.25) is 0 Å². The van der Waals surface area contributed by atoms with E-state index in [9.17, 15) is 8.42 Å².